The van der Waals surface area contributed by atoms with Crippen LogP contribution in [0.4, 0.5) is 0 Å². The molecule has 0 bridgehead atoms. The van der Waals surface area contributed by atoms with E-state index in [-0.39, 0.29) is 17.3 Å². The van der Waals surface area contributed by atoms with Gasteiger partial charge in [0.2, 0.25) is 0 Å². The number of nitrogens with zero attached hydrogens (tertiary/aromatic N) is 1. The number of hydrogen-bond donors (Lipinski definition) is 1. The molecule has 1 saturated heterocycles. The van der Waals surface area contributed by atoms with E-state index >= 15 is 0 Å². The van der Waals surface area contributed by atoms with E-state index in [0.29, 0.717) is 6.04 Å². The maximum Gasteiger partial charge on any atom is 0.310 e. The van der Waals surface area contributed by atoms with Crippen LogP contribution < -0.4 is 5.32 Å². The largest absolute Gasteiger partial charge is 0.469 e. The lowest BCUT2D eigenvalue weighted by molar-refractivity contribution is -0.147. The molecule has 1 N–H and O–H groups in total. The first-order chi connectivity index (χ1) is 7.81. The van der Waals surface area contributed by atoms with Crippen molar-refractivity contribution in [2.75, 3.05) is 33.8 Å². The van der Waals surface area contributed by atoms with Crippen molar-refractivity contribution in [1.29, 1.82) is 0 Å². The summed E-state index contributed by atoms with van der Waals surface area (Å²) >= 11 is 0. The lowest BCUT2D eigenvalue weighted by Gasteiger charge is -2.36. The van der Waals surface area contributed by atoms with Gasteiger partial charge in [-0.25, -0.2) is 0 Å². The summed E-state index contributed by atoms with van der Waals surface area (Å²) in [5.74, 6) is -0.0738. The van der Waals surface area contributed by atoms with E-state index in [1.54, 1.807) is 0 Å². The number of likely N-dealkylation sites (N-methyl/N-ethyl adjacent to an activating group) is 1. The minimum absolute atomic E-state index is 0.0104. The van der Waals surface area contributed by atoms with Crippen LogP contribution in [0.3, 0.4) is 0 Å². The lowest BCUT2D eigenvalue weighted by Crippen LogP contribution is -2.51. The molecule has 0 saturated carbocycles. The average Bonchev–Trinajstić information content (AvgIpc) is 2.23. The topological polar surface area (TPSA) is 41.6 Å². The van der Waals surface area contributed by atoms with Crippen molar-refractivity contribution in [3.63, 3.8) is 0 Å². The summed E-state index contributed by atoms with van der Waals surface area (Å²) in [5.41, 5.74) is 0.275. The molecule has 1 fully saturated rings. The third-order valence-corrected chi connectivity index (χ3v) is 3.09. The third kappa shape index (κ3) is 5.04. The molecule has 1 aliphatic rings. The fraction of sp³-hybridized carbons (Fsp3) is 0.923. The maximum absolute atomic E-state index is 11.6. The Morgan fingerprint density at radius 2 is 2.06 bits per heavy atom. The van der Waals surface area contributed by atoms with E-state index in [2.05, 4.69) is 38.0 Å². The van der Waals surface area contributed by atoms with Crippen molar-refractivity contribution in [2.45, 2.75) is 33.2 Å². The van der Waals surface area contributed by atoms with Gasteiger partial charge in [0.05, 0.1) is 13.0 Å². The van der Waals surface area contributed by atoms with E-state index in [9.17, 15) is 4.79 Å². The van der Waals surface area contributed by atoms with Gasteiger partial charge in [0.15, 0.2) is 0 Å². The average molecular weight is 242 g/mol. The number of ether oxygens (including phenoxy) is 1. The van der Waals surface area contributed by atoms with Gasteiger partial charge in [0, 0.05) is 25.7 Å². The van der Waals surface area contributed by atoms with Crippen LogP contribution in [-0.4, -0.2) is 50.7 Å². The first-order valence-electron chi connectivity index (χ1n) is 6.31. The van der Waals surface area contributed by atoms with Gasteiger partial charge in [0.25, 0.3) is 0 Å². The van der Waals surface area contributed by atoms with E-state index in [1.165, 1.54) is 7.11 Å². The normalized spacial score (nSPS) is 26.9. The van der Waals surface area contributed by atoms with Gasteiger partial charge < -0.3 is 15.0 Å². The van der Waals surface area contributed by atoms with E-state index in [0.717, 1.165) is 26.1 Å². The van der Waals surface area contributed by atoms with Crippen LogP contribution in [0, 0.1) is 11.3 Å². The summed E-state index contributed by atoms with van der Waals surface area (Å²) in [6.45, 7) is 9.42. The molecule has 0 amide bonds. The Hall–Kier alpha value is -0.610. The second kappa shape index (κ2) is 5.83. The standard InChI is InChI=1S/C13H26N2O2/c1-13(2,3)9-14-11-6-10(12(16)17-5)7-15(4)8-11/h10-11,14H,6-9H2,1-5H3. The van der Waals surface area contributed by atoms with Crippen molar-refractivity contribution in [3.05, 3.63) is 0 Å². The van der Waals surface area contributed by atoms with Gasteiger partial charge in [-0.2, -0.15) is 0 Å². The Labute approximate surface area is 105 Å². The third-order valence-electron chi connectivity index (χ3n) is 3.09. The first kappa shape index (κ1) is 14.5. The van der Waals surface area contributed by atoms with Crippen molar-refractivity contribution >= 4 is 5.97 Å². The molecule has 4 heteroatoms. The molecule has 100 valence electrons. The smallest absolute Gasteiger partial charge is 0.310 e. The van der Waals surface area contributed by atoms with Crippen molar-refractivity contribution in [1.82, 2.24) is 10.2 Å². The summed E-state index contributed by atoms with van der Waals surface area (Å²) in [6.07, 6.45) is 0.882. The Balaban J connectivity index is 2.48. The fourth-order valence-electron chi connectivity index (χ4n) is 2.26. The number of rotatable bonds is 3. The zero-order valence-corrected chi connectivity index (χ0v) is 11.7. The van der Waals surface area contributed by atoms with Crippen LogP contribution >= 0.6 is 0 Å². The van der Waals surface area contributed by atoms with Gasteiger partial charge in [-0.15, -0.1) is 0 Å². The second-order valence-electron chi connectivity index (χ2n) is 6.32. The van der Waals surface area contributed by atoms with Crippen LogP contribution in [0.5, 0.6) is 0 Å². The number of carbonyl (C=O) groups is 1. The van der Waals surface area contributed by atoms with Crippen molar-refractivity contribution in [3.8, 4) is 0 Å². The lowest BCUT2D eigenvalue weighted by atomic mass is 9.92. The zero-order valence-electron chi connectivity index (χ0n) is 11.7. The van der Waals surface area contributed by atoms with Gasteiger partial charge in [-0.1, -0.05) is 20.8 Å². The molecule has 0 aromatic carbocycles. The molecule has 2 unspecified atom stereocenters. The van der Waals surface area contributed by atoms with Crippen molar-refractivity contribution < 1.29 is 9.53 Å². The minimum atomic E-state index is -0.0842. The molecule has 0 aliphatic carbocycles. The van der Waals surface area contributed by atoms with E-state index in [4.69, 9.17) is 4.74 Å². The van der Waals surface area contributed by atoms with Crippen LogP contribution in [-0.2, 0) is 9.53 Å². The van der Waals surface area contributed by atoms with Crippen LogP contribution in [0.2, 0.25) is 0 Å². The molecular weight excluding hydrogens is 216 g/mol. The highest BCUT2D eigenvalue weighted by Crippen LogP contribution is 2.18. The highest BCUT2D eigenvalue weighted by molar-refractivity contribution is 5.72. The first-order valence-corrected chi connectivity index (χ1v) is 6.31. The molecule has 4 nitrogen and oxygen atoms in total. The van der Waals surface area contributed by atoms with Gasteiger partial charge >= 0.3 is 5.97 Å². The number of methoxy groups -OCH3 is 1. The van der Waals surface area contributed by atoms with Gasteiger partial charge in [0.1, 0.15) is 0 Å². The second-order valence-corrected chi connectivity index (χ2v) is 6.32. The number of likely N-dealkylation sites (tertiary alicyclic amines) is 1. The zero-order chi connectivity index (χ0) is 13.1. The van der Waals surface area contributed by atoms with Gasteiger partial charge in [-0.05, 0) is 18.9 Å². The van der Waals surface area contributed by atoms with Crippen LogP contribution in [0.1, 0.15) is 27.2 Å². The van der Waals surface area contributed by atoms with Gasteiger partial charge in [-0.3, -0.25) is 4.79 Å². The predicted octanol–water partition coefficient (Wildman–Crippen LogP) is 1.12. The summed E-state index contributed by atoms with van der Waals surface area (Å²) in [5, 5.41) is 3.55. The summed E-state index contributed by atoms with van der Waals surface area (Å²) in [4.78, 5) is 13.8. The minimum Gasteiger partial charge on any atom is -0.469 e. The maximum atomic E-state index is 11.6. The molecule has 0 aromatic rings. The quantitative estimate of drug-likeness (QED) is 0.753. The number of carbonyl (C=O) groups excluding carboxylic acids is 1. The molecule has 17 heavy (non-hydrogen) atoms. The molecular formula is C13H26N2O2. The van der Waals surface area contributed by atoms with Crippen molar-refractivity contribution in [2.24, 2.45) is 11.3 Å². The van der Waals surface area contributed by atoms with E-state index < -0.39 is 0 Å². The summed E-state index contributed by atoms with van der Waals surface area (Å²) in [7, 11) is 3.52. The number of esters is 1. The number of piperidine rings is 1. The van der Waals surface area contributed by atoms with Crippen LogP contribution in [0.25, 0.3) is 0 Å². The molecule has 1 heterocycles. The monoisotopic (exact) mass is 242 g/mol. The highest BCUT2D eigenvalue weighted by atomic mass is 16.5. The Kier molecular flexibility index (Phi) is 4.95. The molecule has 0 radical (unpaired) electrons. The van der Waals surface area contributed by atoms with E-state index in [1.807, 2.05) is 0 Å². The Morgan fingerprint density at radius 3 is 2.59 bits per heavy atom. The number of hydrogen-bond acceptors (Lipinski definition) is 4. The molecule has 0 aromatic heterocycles. The highest BCUT2D eigenvalue weighted by Gasteiger charge is 2.30. The Bertz CT molecular complexity index is 261. The molecule has 2 atom stereocenters. The summed E-state index contributed by atoms with van der Waals surface area (Å²) in [6, 6.07) is 0.386. The Morgan fingerprint density at radius 1 is 1.41 bits per heavy atom. The summed E-state index contributed by atoms with van der Waals surface area (Å²) < 4.78 is 4.84. The van der Waals surface area contributed by atoms with Crippen LogP contribution in [0.15, 0.2) is 0 Å². The SMILES string of the molecule is COC(=O)C1CC(NCC(C)(C)C)CN(C)C1. The predicted molar refractivity (Wildman–Crippen MR) is 68.9 cm³/mol. The molecule has 0 spiro atoms. The number of nitrogens with one attached hydrogen (secondary N) is 1. The molecule has 1 rings (SSSR count). The fourth-order valence-corrected chi connectivity index (χ4v) is 2.26. The molecule has 1 aliphatic heterocycles.